The van der Waals surface area contributed by atoms with Gasteiger partial charge in [0.25, 0.3) is 5.91 Å². The first-order chi connectivity index (χ1) is 13.1. The van der Waals surface area contributed by atoms with Gasteiger partial charge in [0.1, 0.15) is 17.2 Å². The molecule has 1 aliphatic rings. The SMILES string of the molecule is O=C(NCCn1nc(-c2cnccn2)cc1C1CC1)c1c(F)cccc1Cl. The second kappa shape index (κ2) is 7.44. The fourth-order valence-electron chi connectivity index (χ4n) is 2.95. The van der Waals surface area contributed by atoms with Crippen molar-refractivity contribution >= 4 is 17.5 Å². The second-order valence-corrected chi connectivity index (χ2v) is 6.80. The smallest absolute Gasteiger partial charge is 0.255 e. The van der Waals surface area contributed by atoms with Crippen LogP contribution in [0.3, 0.4) is 0 Å². The maximum atomic E-state index is 13.8. The Kier molecular flexibility index (Phi) is 4.85. The summed E-state index contributed by atoms with van der Waals surface area (Å²) >= 11 is 5.94. The molecule has 1 saturated carbocycles. The fourth-order valence-corrected chi connectivity index (χ4v) is 3.20. The van der Waals surface area contributed by atoms with E-state index in [2.05, 4.69) is 20.4 Å². The van der Waals surface area contributed by atoms with E-state index in [1.54, 1.807) is 18.6 Å². The van der Waals surface area contributed by atoms with Crippen molar-refractivity contribution < 1.29 is 9.18 Å². The second-order valence-electron chi connectivity index (χ2n) is 6.40. The van der Waals surface area contributed by atoms with Gasteiger partial charge < -0.3 is 5.32 Å². The zero-order valence-corrected chi connectivity index (χ0v) is 15.2. The van der Waals surface area contributed by atoms with Gasteiger partial charge in [-0.2, -0.15) is 5.10 Å². The molecule has 1 N–H and O–H groups in total. The summed E-state index contributed by atoms with van der Waals surface area (Å²) in [6, 6.07) is 6.20. The van der Waals surface area contributed by atoms with E-state index in [1.165, 1.54) is 18.2 Å². The van der Waals surface area contributed by atoms with Crippen LogP contribution >= 0.6 is 11.6 Å². The molecule has 8 heteroatoms. The molecule has 2 heterocycles. The summed E-state index contributed by atoms with van der Waals surface area (Å²) in [6.07, 6.45) is 7.17. The quantitative estimate of drug-likeness (QED) is 0.705. The van der Waals surface area contributed by atoms with E-state index >= 15 is 0 Å². The van der Waals surface area contributed by atoms with Gasteiger partial charge in [-0.1, -0.05) is 17.7 Å². The van der Waals surface area contributed by atoms with Crippen molar-refractivity contribution in [3.8, 4) is 11.4 Å². The fraction of sp³-hybridized carbons (Fsp3) is 0.263. The summed E-state index contributed by atoms with van der Waals surface area (Å²) in [5.41, 5.74) is 2.45. The largest absolute Gasteiger partial charge is 0.350 e. The number of hydrogen-bond acceptors (Lipinski definition) is 4. The molecule has 0 bridgehead atoms. The van der Waals surface area contributed by atoms with E-state index in [9.17, 15) is 9.18 Å². The molecule has 4 rings (SSSR count). The van der Waals surface area contributed by atoms with Crippen LogP contribution < -0.4 is 5.32 Å². The van der Waals surface area contributed by atoms with Crippen molar-refractivity contribution in [3.05, 3.63) is 65.0 Å². The number of nitrogens with one attached hydrogen (secondary N) is 1. The van der Waals surface area contributed by atoms with Gasteiger partial charge in [-0.25, -0.2) is 4.39 Å². The van der Waals surface area contributed by atoms with Gasteiger partial charge in [-0.05, 0) is 31.0 Å². The Balaban J connectivity index is 1.47. The third-order valence-electron chi connectivity index (χ3n) is 4.43. The minimum atomic E-state index is -0.636. The number of nitrogens with zero attached hydrogens (tertiary/aromatic N) is 4. The standard InChI is InChI=1S/C19H17ClFN5O/c20-13-2-1-3-14(21)18(13)19(27)24-8-9-26-17(12-4-5-12)10-15(25-26)16-11-22-6-7-23-16/h1-3,6-7,10-12H,4-5,8-9H2,(H,24,27). The Hall–Kier alpha value is -2.80. The van der Waals surface area contributed by atoms with E-state index in [0.29, 0.717) is 24.7 Å². The monoisotopic (exact) mass is 385 g/mol. The Morgan fingerprint density at radius 1 is 1.30 bits per heavy atom. The number of amides is 1. The minimum absolute atomic E-state index is 0.0928. The van der Waals surface area contributed by atoms with Crippen molar-refractivity contribution in [1.82, 2.24) is 25.1 Å². The Morgan fingerprint density at radius 3 is 2.85 bits per heavy atom. The molecule has 2 aromatic heterocycles. The van der Waals surface area contributed by atoms with E-state index in [-0.39, 0.29) is 10.6 Å². The molecule has 3 aromatic rings. The van der Waals surface area contributed by atoms with Gasteiger partial charge >= 0.3 is 0 Å². The highest BCUT2D eigenvalue weighted by molar-refractivity contribution is 6.33. The summed E-state index contributed by atoms with van der Waals surface area (Å²) in [7, 11) is 0. The van der Waals surface area contributed by atoms with Crippen LogP contribution in [0, 0.1) is 5.82 Å². The van der Waals surface area contributed by atoms with Crippen molar-refractivity contribution in [2.45, 2.75) is 25.3 Å². The molecule has 1 fully saturated rings. The highest BCUT2D eigenvalue weighted by Crippen LogP contribution is 2.41. The molecule has 138 valence electrons. The van der Waals surface area contributed by atoms with Gasteiger partial charge in [-0.15, -0.1) is 0 Å². The summed E-state index contributed by atoms with van der Waals surface area (Å²) in [5.74, 6) is -0.685. The maximum Gasteiger partial charge on any atom is 0.255 e. The Bertz CT molecular complexity index is 951. The first-order valence-corrected chi connectivity index (χ1v) is 9.07. The highest BCUT2D eigenvalue weighted by atomic mass is 35.5. The number of aromatic nitrogens is 4. The molecule has 0 unspecified atom stereocenters. The molecular weight excluding hydrogens is 369 g/mol. The highest BCUT2D eigenvalue weighted by Gasteiger charge is 2.28. The molecule has 1 amide bonds. The maximum absolute atomic E-state index is 13.8. The zero-order valence-electron chi connectivity index (χ0n) is 14.4. The predicted octanol–water partition coefficient (Wildman–Crippen LogP) is 3.44. The first kappa shape index (κ1) is 17.6. The van der Waals surface area contributed by atoms with Crippen LogP contribution in [0.25, 0.3) is 11.4 Å². The van der Waals surface area contributed by atoms with Crippen molar-refractivity contribution in [2.24, 2.45) is 0 Å². The van der Waals surface area contributed by atoms with Crippen LogP contribution in [0.4, 0.5) is 4.39 Å². The molecule has 0 aliphatic heterocycles. The predicted molar refractivity (Wildman–Crippen MR) is 99.0 cm³/mol. The zero-order chi connectivity index (χ0) is 18.8. The van der Waals surface area contributed by atoms with Gasteiger partial charge in [0.2, 0.25) is 0 Å². The molecule has 0 radical (unpaired) electrons. The summed E-state index contributed by atoms with van der Waals surface area (Å²) < 4.78 is 15.7. The average molecular weight is 386 g/mol. The molecule has 0 atom stereocenters. The lowest BCUT2D eigenvalue weighted by Gasteiger charge is -2.09. The lowest BCUT2D eigenvalue weighted by Crippen LogP contribution is -2.29. The van der Waals surface area contributed by atoms with Gasteiger partial charge in [0.05, 0.1) is 23.3 Å². The van der Waals surface area contributed by atoms with E-state index in [4.69, 9.17) is 11.6 Å². The van der Waals surface area contributed by atoms with Gasteiger partial charge in [0.15, 0.2) is 0 Å². The Labute approximate surface area is 160 Å². The molecule has 0 spiro atoms. The molecule has 1 aliphatic carbocycles. The lowest BCUT2D eigenvalue weighted by atomic mass is 10.2. The molecular formula is C19H17ClFN5O. The number of carbonyl (C=O) groups excluding carboxylic acids is 1. The minimum Gasteiger partial charge on any atom is -0.350 e. The molecule has 6 nitrogen and oxygen atoms in total. The third-order valence-corrected chi connectivity index (χ3v) is 4.75. The van der Waals surface area contributed by atoms with Crippen molar-refractivity contribution in [3.63, 3.8) is 0 Å². The normalized spacial score (nSPS) is 13.6. The lowest BCUT2D eigenvalue weighted by molar-refractivity contribution is 0.0948. The van der Waals surface area contributed by atoms with E-state index < -0.39 is 11.7 Å². The number of benzene rings is 1. The summed E-state index contributed by atoms with van der Waals surface area (Å²) in [4.78, 5) is 20.6. The van der Waals surface area contributed by atoms with Crippen molar-refractivity contribution in [2.75, 3.05) is 6.54 Å². The number of halogens is 2. The van der Waals surface area contributed by atoms with Crippen LogP contribution in [0.5, 0.6) is 0 Å². The molecule has 1 aromatic carbocycles. The van der Waals surface area contributed by atoms with Gasteiger partial charge in [-0.3, -0.25) is 19.4 Å². The summed E-state index contributed by atoms with van der Waals surface area (Å²) in [5, 5.41) is 7.41. The van der Waals surface area contributed by atoms with Crippen LogP contribution in [0.15, 0.2) is 42.9 Å². The molecule has 27 heavy (non-hydrogen) atoms. The van der Waals surface area contributed by atoms with E-state index in [1.807, 2.05) is 10.7 Å². The number of carbonyl (C=O) groups is 1. The van der Waals surface area contributed by atoms with Crippen LogP contribution in [0.2, 0.25) is 5.02 Å². The number of rotatable bonds is 6. The third kappa shape index (κ3) is 3.83. The van der Waals surface area contributed by atoms with Crippen LogP contribution in [-0.4, -0.2) is 32.2 Å². The Morgan fingerprint density at radius 2 is 2.15 bits per heavy atom. The van der Waals surface area contributed by atoms with E-state index in [0.717, 1.165) is 24.2 Å². The van der Waals surface area contributed by atoms with Crippen molar-refractivity contribution in [1.29, 1.82) is 0 Å². The topological polar surface area (TPSA) is 72.7 Å². The van der Waals surface area contributed by atoms with Crippen LogP contribution in [-0.2, 0) is 6.54 Å². The first-order valence-electron chi connectivity index (χ1n) is 8.70. The van der Waals surface area contributed by atoms with Crippen LogP contribution in [0.1, 0.15) is 34.8 Å². The number of hydrogen-bond donors (Lipinski definition) is 1. The van der Waals surface area contributed by atoms with Gasteiger partial charge in [0, 0.05) is 30.6 Å². The summed E-state index contributed by atoms with van der Waals surface area (Å²) in [6.45, 7) is 0.786. The molecule has 0 saturated heterocycles. The average Bonchev–Trinajstić information content (AvgIpc) is 3.42.